The zero-order valence-corrected chi connectivity index (χ0v) is 14.2. The molecule has 0 heterocycles. The number of para-hydroxylation sites is 1. The van der Waals surface area contributed by atoms with E-state index >= 15 is 0 Å². The molecule has 2 aromatic rings. The molecule has 0 unspecified atom stereocenters. The standard InChI is InChI=1S/C16H13BrF3N3O2/c17-10-5-7-11(8-6-10)22-14(24)9-21-15(25)23-13-4-2-1-3-12(13)16(18,19)20/h1-8H,9H2,(H,22,24)(H2,21,23,25). The quantitative estimate of drug-likeness (QED) is 0.699. The molecule has 3 N–H and O–H groups in total. The Hall–Kier alpha value is -2.55. The summed E-state index contributed by atoms with van der Waals surface area (Å²) in [5, 5.41) is 6.83. The summed E-state index contributed by atoms with van der Waals surface area (Å²) in [5.74, 6) is -0.512. The van der Waals surface area contributed by atoms with Crippen LogP contribution in [0.25, 0.3) is 0 Å². The average molecular weight is 416 g/mol. The first-order valence-electron chi connectivity index (χ1n) is 7.02. The van der Waals surface area contributed by atoms with Gasteiger partial charge in [0.15, 0.2) is 0 Å². The Balaban J connectivity index is 1.89. The maximum Gasteiger partial charge on any atom is 0.418 e. The molecule has 3 amide bonds. The second-order valence-corrected chi connectivity index (χ2v) is 5.82. The van der Waals surface area contributed by atoms with Gasteiger partial charge in [-0.05, 0) is 36.4 Å². The van der Waals surface area contributed by atoms with Crippen LogP contribution in [0.1, 0.15) is 5.56 Å². The fourth-order valence-corrected chi connectivity index (χ4v) is 2.17. The molecule has 0 aromatic heterocycles. The lowest BCUT2D eigenvalue weighted by Crippen LogP contribution is -2.36. The Bertz CT molecular complexity index is 764. The van der Waals surface area contributed by atoms with Gasteiger partial charge in [-0.15, -0.1) is 0 Å². The van der Waals surface area contributed by atoms with Crippen LogP contribution in [0.2, 0.25) is 0 Å². The van der Waals surface area contributed by atoms with Crippen molar-refractivity contribution in [2.75, 3.05) is 17.2 Å². The van der Waals surface area contributed by atoms with Crippen LogP contribution in [0.5, 0.6) is 0 Å². The van der Waals surface area contributed by atoms with Crippen LogP contribution in [-0.2, 0) is 11.0 Å². The number of urea groups is 1. The number of alkyl halides is 3. The van der Waals surface area contributed by atoms with Gasteiger partial charge < -0.3 is 16.0 Å². The van der Waals surface area contributed by atoms with Gasteiger partial charge in [0, 0.05) is 10.2 Å². The van der Waals surface area contributed by atoms with Crippen molar-refractivity contribution in [3.63, 3.8) is 0 Å². The van der Waals surface area contributed by atoms with Crippen LogP contribution in [0, 0.1) is 0 Å². The minimum atomic E-state index is -4.59. The Morgan fingerprint density at radius 3 is 2.24 bits per heavy atom. The molecule has 5 nitrogen and oxygen atoms in total. The molecule has 0 radical (unpaired) electrons. The fraction of sp³-hybridized carbons (Fsp3) is 0.125. The van der Waals surface area contributed by atoms with E-state index in [0.717, 1.165) is 16.6 Å². The smallest absolute Gasteiger partial charge is 0.329 e. The molecule has 0 bridgehead atoms. The minimum absolute atomic E-state index is 0.388. The highest BCUT2D eigenvalue weighted by Gasteiger charge is 2.33. The van der Waals surface area contributed by atoms with E-state index in [2.05, 4.69) is 31.9 Å². The van der Waals surface area contributed by atoms with E-state index in [0.29, 0.717) is 5.69 Å². The normalized spacial score (nSPS) is 10.9. The molecule has 2 aromatic carbocycles. The van der Waals surface area contributed by atoms with E-state index in [4.69, 9.17) is 0 Å². The second kappa shape index (κ2) is 8.02. The molecule has 0 aliphatic carbocycles. The molecule has 0 spiro atoms. The van der Waals surface area contributed by atoms with Crippen molar-refractivity contribution in [3.8, 4) is 0 Å². The predicted octanol–water partition coefficient (Wildman–Crippen LogP) is 4.23. The molecule has 0 atom stereocenters. The van der Waals surface area contributed by atoms with Gasteiger partial charge in [-0.2, -0.15) is 13.2 Å². The number of hydrogen-bond acceptors (Lipinski definition) is 2. The van der Waals surface area contributed by atoms with Gasteiger partial charge >= 0.3 is 12.2 Å². The maximum absolute atomic E-state index is 12.8. The van der Waals surface area contributed by atoms with Crippen molar-refractivity contribution in [2.45, 2.75) is 6.18 Å². The van der Waals surface area contributed by atoms with Gasteiger partial charge in [-0.3, -0.25) is 4.79 Å². The van der Waals surface area contributed by atoms with Gasteiger partial charge in [0.25, 0.3) is 0 Å². The van der Waals surface area contributed by atoms with E-state index in [1.54, 1.807) is 24.3 Å². The number of carbonyl (C=O) groups excluding carboxylic acids is 2. The van der Waals surface area contributed by atoms with Gasteiger partial charge in [-0.25, -0.2) is 4.79 Å². The van der Waals surface area contributed by atoms with Crippen LogP contribution in [-0.4, -0.2) is 18.5 Å². The Morgan fingerprint density at radius 2 is 1.60 bits per heavy atom. The van der Waals surface area contributed by atoms with E-state index < -0.39 is 30.2 Å². The first-order valence-corrected chi connectivity index (χ1v) is 7.81. The fourth-order valence-electron chi connectivity index (χ4n) is 1.90. The third-order valence-electron chi connectivity index (χ3n) is 3.02. The van der Waals surface area contributed by atoms with E-state index in [1.807, 2.05) is 0 Å². The third kappa shape index (κ3) is 5.79. The van der Waals surface area contributed by atoms with Crippen LogP contribution in [0.15, 0.2) is 53.0 Å². The van der Waals surface area contributed by atoms with Crippen molar-refractivity contribution < 1.29 is 22.8 Å². The Labute approximate surface area is 149 Å². The summed E-state index contributed by atoms with van der Waals surface area (Å²) in [6.45, 7) is -0.393. The molecule has 0 saturated carbocycles. The van der Waals surface area contributed by atoms with Crippen molar-refractivity contribution >= 4 is 39.2 Å². The predicted molar refractivity (Wildman–Crippen MR) is 91.2 cm³/mol. The van der Waals surface area contributed by atoms with Gasteiger partial charge in [-0.1, -0.05) is 28.1 Å². The number of halogens is 4. The number of nitrogens with one attached hydrogen (secondary N) is 3. The zero-order chi connectivity index (χ0) is 18.4. The monoisotopic (exact) mass is 415 g/mol. The highest BCUT2D eigenvalue weighted by atomic mass is 79.9. The number of anilines is 2. The lowest BCUT2D eigenvalue weighted by molar-refractivity contribution is -0.136. The largest absolute Gasteiger partial charge is 0.418 e. The lowest BCUT2D eigenvalue weighted by Gasteiger charge is -2.14. The molecule has 132 valence electrons. The van der Waals surface area contributed by atoms with Crippen LogP contribution in [0.4, 0.5) is 29.3 Å². The Kier molecular flexibility index (Phi) is 6.02. The molecule has 0 aliphatic rings. The van der Waals surface area contributed by atoms with Crippen LogP contribution >= 0.6 is 15.9 Å². The number of benzene rings is 2. The first kappa shape index (κ1) is 18.8. The molecule has 0 fully saturated rings. The number of amides is 3. The van der Waals surface area contributed by atoms with E-state index in [9.17, 15) is 22.8 Å². The Morgan fingerprint density at radius 1 is 0.960 bits per heavy atom. The van der Waals surface area contributed by atoms with Crippen molar-refractivity contribution in [3.05, 3.63) is 58.6 Å². The molecular weight excluding hydrogens is 403 g/mol. The van der Waals surface area contributed by atoms with E-state index in [1.165, 1.54) is 12.1 Å². The molecule has 0 saturated heterocycles. The number of carbonyl (C=O) groups is 2. The van der Waals surface area contributed by atoms with Gasteiger partial charge in [0.2, 0.25) is 5.91 Å². The maximum atomic E-state index is 12.8. The molecule has 0 aliphatic heterocycles. The van der Waals surface area contributed by atoms with Crippen molar-refractivity contribution in [1.82, 2.24) is 5.32 Å². The summed E-state index contributed by atoms with van der Waals surface area (Å²) in [4.78, 5) is 23.5. The lowest BCUT2D eigenvalue weighted by atomic mass is 10.1. The minimum Gasteiger partial charge on any atom is -0.329 e. The SMILES string of the molecule is O=C(CNC(=O)Nc1ccccc1C(F)(F)F)Nc1ccc(Br)cc1. The number of hydrogen-bond donors (Lipinski definition) is 3. The van der Waals surface area contributed by atoms with Gasteiger partial charge in [0.05, 0.1) is 17.8 Å². The summed E-state index contributed by atoms with van der Waals surface area (Å²) in [7, 11) is 0. The van der Waals surface area contributed by atoms with E-state index in [-0.39, 0.29) is 5.69 Å². The van der Waals surface area contributed by atoms with Crippen molar-refractivity contribution in [1.29, 1.82) is 0 Å². The van der Waals surface area contributed by atoms with Crippen LogP contribution in [0.3, 0.4) is 0 Å². The summed E-state index contributed by atoms with van der Waals surface area (Å²) >= 11 is 3.25. The van der Waals surface area contributed by atoms with Gasteiger partial charge in [0.1, 0.15) is 0 Å². The highest BCUT2D eigenvalue weighted by Crippen LogP contribution is 2.34. The molecular formula is C16H13BrF3N3O2. The zero-order valence-electron chi connectivity index (χ0n) is 12.7. The average Bonchev–Trinajstić information content (AvgIpc) is 2.55. The summed E-state index contributed by atoms with van der Waals surface area (Å²) in [6, 6.07) is 10.4. The summed E-state index contributed by atoms with van der Waals surface area (Å²) in [6.07, 6.45) is -4.59. The summed E-state index contributed by atoms with van der Waals surface area (Å²) < 4.78 is 39.4. The third-order valence-corrected chi connectivity index (χ3v) is 3.55. The molecule has 25 heavy (non-hydrogen) atoms. The summed E-state index contributed by atoms with van der Waals surface area (Å²) in [5.41, 5.74) is -0.830. The van der Waals surface area contributed by atoms with Crippen molar-refractivity contribution in [2.24, 2.45) is 0 Å². The topological polar surface area (TPSA) is 70.2 Å². The van der Waals surface area contributed by atoms with Crippen LogP contribution < -0.4 is 16.0 Å². The highest BCUT2D eigenvalue weighted by molar-refractivity contribution is 9.10. The molecule has 9 heteroatoms. The number of rotatable bonds is 4. The second-order valence-electron chi connectivity index (χ2n) is 4.91. The molecule has 2 rings (SSSR count). The first-order chi connectivity index (χ1) is 11.8.